The zero-order valence-electron chi connectivity index (χ0n) is 13.6. The summed E-state index contributed by atoms with van der Waals surface area (Å²) < 4.78 is 5.26. The average Bonchev–Trinajstić information content (AvgIpc) is 2.91. The van der Waals surface area contributed by atoms with E-state index < -0.39 is 0 Å². The summed E-state index contributed by atoms with van der Waals surface area (Å²) in [6.45, 7) is 5.70. The molecule has 1 aliphatic rings. The summed E-state index contributed by atoms with van der Waals surface area (Å²) in [5, 5.41) is 11.0. The predicted molar refractivity (Wildman–Crippen MR) is 96.8 cm³/mol. The highest BCUT2D eigenvalue weighted by atomic mass is 35.5. The van der Waals surface area contributed by atoms with Crippen LogP contribution < -0.4 is 10.6 Å². The number of piperidine rings is 1. The third-order valence-corrected chi connectivity index (χ3v) is 4.65. The lowest BCUT2D eigenvalue weighted by Crippen LogP contribution is -2.48. The number of nitrogens with one attached hydrogen (secondary N) is 2. The summed E-state index contributed by atoms with van der Waals surface area (Å²) in [5.41, 5.74) is 1.66. The molecule has 130 valence electrons. The smallest absolute Gasteiger partial charge is 0.257 e. The number of benzene rings is 1. The molecule has 1 amide bonds. The number of halogens is 2. The van der Waals surface area contributed by atoms with Gasteiger partial charge in [-0.25, -0.2) is 0 Å². The van der Waals surface area contributed by atoms with Crippen molar-refractivity contribution < 1.29 is 9.32 Å². The average molecular weight is 370 g/mol. The monoisotopic (exact) mass is 369 g/mol. The lowest BCUT2D eigenvalue weighted by atomic mass is 9.94. The lowest BCUT2D eigenvalue weighted by molar-refractivity contribution is 0.0913. The molecule has 0 spiro atoms. The van der Waals surface area contributed by atoms with E-state index in [0.717, 1.165) is 19.5 Å². The number of aromatic nitrogens is 1. The number of carbonyl (C=O) groups is 1. The van der Waals surface area contributed by atoms with Crippen LogP contribution in [0.3, 0.4) is 0 Å². The maximum absolute atomic E-state index is 12.8. The van der Waals surface area contributed by atoms with E-state index in [0.29, 0.717) is 33.5 Å². The minimum absolute atomic E-state index is 0. The fourth-order valence-electron chi connectivity index (χ4n) is 2.95. The number of hydrogen-bond acceptors (Lipinski definition) is 4. The molecule has 2 unspecified atom stereocenters. The Kier molecular flexibility index (Phi) is 6.27. The van der Waals surface area contributed by atoms with Gasteiger partial charge in [-0.2, -0.15) is 0 Å². The molecule has 5 nitrogen and oxygen atoms in total. The van der Waals surface area contributed by atoms with Gasteiger partial charge in [0, 0.05) is 11.6 Å². The minimum Gasteiger partial charge on any atom is -0.360 e. The normalized spacial score (nSPS) is 20.3. The first kappa shape index (κ1) is 18.8. The van der Waals surface area contributed by atoms with Crippen molar-refractivity contribution in [2.24, 2.45) is 5.92 Å². The Balaban J connectivity index is 0.00000208. The molecule has 2 aromatic rings. The second kappa shape index (κ2) is 8.01. The Labute approximate surface area is 152 Å². The van der Waals surface area contributed by atoms with Gasteiger partial charge in [-0.05, 0) is 38.4 Å². The van der Waals surface area contributed by atoms with Gasteiger partial charge in [-0.3, -0.25) is 4.79 Å². The zero-order valence-corrected chi connectivity index (χ0v) is 15.2. The number of amides is 1. The highest BCUT2D eigenvalue weighted by Crippen LogP contribution is 2.31. The van der Waals surface area contributed by atoms with Crippen LogP contribution in [0.2, 0.25) is 5.02 Å². The van der Waals surface area contributed by atoms with Gasteiger partial charge in [0.2, 0.25) is 0 Å². The first-order valence-electron chi connectivity index (χ1n) is 7.80. The number of nitrogens with zero attached hydrogens (tertiary/aromatic N) is 1. The minimum atomic E-state index is -0.155. The molecule has 0 aliphatic carbocycles. The second-order valence-corrected chi connectivity index (χ2v) is 6.40. The van der Waals surface area contributed by atoms with Gasteiger partial charge in [0.05, 0.1) is 5.02 Å². The van der Waals surface area contributed by atoms with Crippen LogP contribution in [0, 0.1) is 12.8 Å². The lowest BCUT2D eigenvalue weighted by Gasteiger charge is -2.30. The van der Waals surface area contributed by atoms with Gasteiger partial charge in [-0.1, -0.05) is 41.9 Å². The fraction of sp³-hybridized carbons (Fsp3) is 0.412. The van der Waals surface area contributed by atoms with E-state index in [1.165, 1.54) is 0 Å². The summed E-state index contributed by atoms with van der Waals surface area (Å²) in [6.07, 6.45) is 0.915. The quantitative estimate of drug-likeness (QED) is 0.869. The van der Waals surface area contributed by atoms with Crippen molar-refractivity contribution in [1.29, 1.82) is 0 Å². The Hall–Kier alpha value is -1.56. The largest absolute Gasteiger partial charge is 0.360 e. The molecule has 2 heterocycles. The molecule has 1 fully saturated rings. The van der Waals surface area contributed by atoms with Gasteiger partial charge < -0.3 is 15.2 Å². The molecule has 7 heteroatoms. The molecule has 2 atom stereocenters. The number of rotatable bonds is 3. The van der Waals surface area contributed by atoms with Crippen molar-refractivity contribution >= 4 is 29.9 Å². The van der Waals surface area contributed by atoms with Gasteiger partial charge in [0.1, 0.15) is 17.0 Å². The first-order valence-corrected chi connectivity index (χ1v) is 8.18. The maximum atomic E-state index is 12.8. The standard InChI is InChI=1S/C17H20ClN3O2.ClH/c1-10-9-19-8-7-14(10)20-17(22)15-11(2)23-21-16(15)12-5-3-4-6-13(12)18;/h3-6,10,14,19H,7-9H2,1-2H3,(H,20,22);1H. The summed E-state index contributed by atoms with van der Waals surface area (Å²) >= 11 is 6.24. The number of hydrogen-bond donors (Lipinski definition) is 2. The first-order chi connectivity index (χ1) is 11.1. The molecule has 1 aliphatic heterocycles. The Morgan fingerprint density at radius 1 is 1.42 bits per heavy atom. The van der Waals surface area contributed by atoms with Crippen molar-refractivity contribution in [3.05, 3.63) is 40.6 Å². The molecule has 0 saturated carbocycles. The van der Waals surface area contributed by atoms with E-state index in [4.69, 9.17) is 16.1 Å². The van der Waals surface area contributed by atoms with E-state index in [9.17, 15) is 4.79 Å². The number of aryl methyl sites for hydroxylation is 1. The van der Waals surface area contributed by atoms with Gasteiger partial charge in [-0.15, -0.1) is 12.4 Å². The molecule has 1 aromatic heterocycles. The Morgan fingerprint density at radius 3 is 2.88 bits per heavy atom. The van der Waals surface area contributed by atoms with Crippen molar-refractivity contribution in [3.63, 3.8) is 0 Å². The second-order valence-electron chi connectivity index (χ2n) is 5.99. The van der Waals surface area contributed by atoms with E-state index in [-0.39, 0.29) is 24.4 Å². The van der Waals surface area contributed by atoms with E-state index in [2.05, 4.69) is 22.7 Å². The van der Waals surface area contributed by atoms with Gasteiger partial charge in [0.15, 0.2) is 0 Å². The van der Waals surface area contributed by atoms with Gasteiger partial charge in [0.25, 0.3) is 5.91 Å². The topological polar surface area (TPSA) is 67.2 Å². The van der Waals surface area contributed by atoms with Gasteiger partial charge >= 0.3 is 0 Å². The van der Waals surface area contributed by atoms with Crippen LogP contribution >= 0.6 is 24.0 Å². The Bertz CT molecular complexity index is 718. The summed E-state index contributed by atoms with van der Waals surface area (Å²) in [5.74, 6) is 0.730. The molecule has 0 bridgehead atoms. The van der Waals surface area contributed by atoms with Crippen molar-refractivity contribution in [2.45, 2.75) is 26.3 Å². The van der Waals surface area contributed by atoms with Crippen molar-refractivity contribution in [3.8, 4) is 11.3 Å². The summed E-state index contributed by atoms with van der Waals surface area (Å²) in [6, 6.07) is 7.47. The van der Waals surface area contributed by atoms with Crippen molar-refractivity contribution in [2.75, 3.05) is 13.1 Å². The molecule has 1 saturated heterocycles. The molecule has 3 rings (SSSR count). The fourth-order valence-corrected chi connectivity index (χ4v) is 3.17. The SMILES string of the molecule is Cc1onc(-c2ccccc2Cl)c1C(=O)NC1CCNCC1C.Cl. The third kappa shape index (κ3) is 3.74. The van der Waals surface area contributed by atoms with Crippen molar-refractivity contribution in [1.82, 2.24) is 15.8 Å². The molecule has 2 N–H and O–H groups in total. The molecular weight excluding hydrogens is 349 g/mol. The van der Waals surface area contributed by atoms with E-state index in [1.807, 2.05) is 18.2 Å². The maximum Gasteiger partial charge on any atom is 0.257 e. The van der Waals surface area contributed by atoms with E-state index >= 15 is 0 Å². The van der Waals surface area contributed by atoms with E-state index in [1.54, 1.807) is 13.0 Å². The summed E-state index contributed by atoms with van der Waals surface area (Å²) in [4.78, 5) is 12.8. The molecule has 24 heavy (non-hydrogen) atoms. The number of carbonyl (C=O) groups excluding carboxylic acids is 1. The van der Waals surface area contributed by atoms with Crippen LogP contribution in [-0.2, 0) is 0 Å². The van der Waals surface area contributed by atoms with Crippen LogP contribution in [0.1, 0.15) is 29.5 Å². The zero-order chi connectivity index (χ0) is 16.4. The van der Waals surface area contributed by atoms with Crippen LogP contribution in [0.25, 0.3) is 11.3 Å². The van der Waals surface area contributed by atoms with Crippen LogP contribution in [0.15, 0.2) is 28.8 Å². The summed E-state index contributed by atoms with van der Waals surface area (Å²) in [7, 11) is 0. The molecule has 0 radical (unpaired) electrons. The molecule has 1 aromatic carbocycles. The highest BCUT2D eigenvalue weighted by Gasteiger charge is 2.27. The highest BCUT2D eigenvalue weighted by molar-refractivity contribution is 6.33. The van der Waals surface area contributed by atoms with Crippen LogP contribution in [-0.4, -0.2) is 30.2 Å². The predicted octanol–water partition coefficient (Wildman–Crippen LogP) is 3.45. The Morgan fingerprint density at radius 2 is 2.17 bits per heavy atom. The molecular formula is C17H21Cl2N3O2. The van der Waals surface area contributed by atoms with Crippen LogP contribution in [0.5, 0.6) is 0 Å². The van der Waals surface area contributed by atoms with Crippen LogP contribution in [0.4, 0.5) is 0 Å². The third-order valence-electron chi connectivity index (χ3n) is 4.32.